The minimum absolute atomic E-state index is 0.0122. The van der Waals surface area contributed by atoms with E-state index in [-0.39, 0.29) is 18.0 Å². The van der Waals surface area contributed by atoms with E-state index in [0.29, 0.717) is 19.5 Å². The highest BCUT2D eigenvalue weighted by atomic mass is 16.5. The summed E-state index contributed by atoms with van der Waals surface area (Å²) >= 11 is 0. The number of hydrogen-bond donors (Lipinski definition) is 3. The second-order valence-electron chi connectivity index (χ2n) is 6.62. The molecule has 2 fully saturated rings. The number of rotatable bonds is 6. The molecule has 8 nitrogen and oxygen atoms in total. The fraction of sp³-hybridized carbons (Fsp3) is 0.556. The molecule has 1 aromatic carbocycles. The number of nitrogens with zero attached hydrogens (tertiary/aromatic N) is 1. The fourth-order valence-electron chi connectivity index (χ4n) is 3.32. The number of benzene rings is 1. The summed E-state index contributed by atoms with van der Waals surface area (Å²) in [5.41, 5.74) is 0.816. The van der Waals surface area contributed by atoms with Crippen LogP contribution in [0.15, 0.2) is 24.3 Å². The molecule has 8 heteroatoms. The normalized spacial score (nSPS) is 20.9. The molecular weight excluding hydrogens is 336 g/mol. The number of anilines is 1. The molecule has 0 bridgehead atoms. The van der Waals surface area contributed by atoms with Gasteiger partial charge >= 0.3 is 6.03 Å². The van der Waals surface area contributed by atoms with Gasteiger partial charge in [-0.05, 0) is 24.3 Å². The smallest absolute Gasteiger partial charge is 0.315 e. The highest BCUT2D eigenvalue weighted by Gasteiger charge is 2.31. The van der Waals surface area contributed by atoms with Crippen LogP contribution in [0, 0.1) is 0 Å². The Morgan fingerprint density at radius 1 is 1.31 bits per heavy atom. The molecule has 3 amide bonds. The number of methoxy groups -OCH3 is 1. The molecule has 142 valence electrons. The number of morpholine rings is 1. The first-order valence-corrected chi connectivity index (χ1v) is 9.06. The quantitative estimate of drug-likeness (QED) is 0.606. The van der Waals surface area contributed by atoms with Crippen molar-refractivity contribution < 1.29 is 24.0 Å². The molecule has 2 aliphatic heterocycles. The van der Waals surface area contributed by atoms with E-state index in [0.717, 1.165) is 44.3 Å². The largest absolute Gasteiger partial charge is 0.497 e. The zero-order valence-electron chi connectivity index (χ0n) is 15.1. The Bertz CT molecular complexity index is 616. The van der Waals surface area contributed by atoms with Crippen molar-refractivity contribution in [2.75, 3.05) is 57.9 Å². The van der Waals surface area contributed by atoms with E-state index in [2.05, 4.69) is 10.6 Å². The molecule has 2 saturated heterocycles. The lowest BCUT2D eigenvalue weighted by molar-refractivity contribution is -0.906. The highest BCUT2D eigenvalue weighted by Crippen LogP contribution is 2.24. The van der Waals surface area contributed by atoms with Crippen molar-refractivity contribution in [3.8, 4) is 5.75 Å². The van der Waals surface area contributed by atoms with Crippen LogP contribution in [0.5, 0.6) is 5.75 Å². The van der Waals surface area contributed by atoms with Crippen LogP contribution in [0.1, 0.15) is 6.42 Å². The van der Waals surface area contributed by atoms with Crippen LogP contribution < -0.4 is 25.2 Å². The van der Waals surface area contributed by atoms with Crippen LogP contribution in [-0.4, -0.2) is 71.0 Å². The standard InChI is InChI=1S/C18H26N4O4/c1-25-16-4-2-15(3-5-16)22-13-14(12-17(22)23)20-18(24)19-6-7-21-8-10-26-11-9-21/h2-5,14H,6-13H2,1H3,(H2,19,20,24)/p+1/t14-/m0/s1. The summed E-state index contributed by atoms with van der Waals surface area (Å²) in [4.78, 5) is 27.5. The first kappa shape index (κ1) is 18.5. The average molecular weight is 363 g/mol. The number of urea groups is 1. The molecule has 1 aromatic rings. The van der Waals surface area contributed by atoms with Gasteiger partial charge in [0.25, 0.3) is 0 Å². The first-order valence-electron chi connectivity index (χ1n) is 9.06. The molecule has 0 unspecified atom stereocenters. The summed E-state index contributed by atoms with van der Waals surface area (Å²) in [6, 6.07) is 6.95. The maximum absolute atomic E-state index is 12.2. The molecule has 3 rings (SSSR count). The van der Waals surface area contributed by atoms with E-state index in [1.165, 1.54) is 4.90 Å². The van der Waals surface area contributed by atoms with Crippen LogP contribution in [0.25, 0.3) is 0 Å². The Hall–Kier alpha value is -2.32. The third-order valence-electron chi connectivity index (χ3n) is 4.81. The van der Waals surface area contributed by atoms with E-state index < -0.39 is 0 Å². The maximum atomic E-state index is 12.2. The third-order valence-corrected chi connectivity index (χ3v) is 4.81. The van der Waals surface area contributed by atoms with Gasteiger partial charge in [0.1, 0.15) is 18.8 Å². The number of ether oxygens (including phenoxy) is 2. The average Bonchev–Trinajstić information content (AvgIpc) is 3.02. The summed E-state index contributed by atoms with van der Waals surface area (Å²) in [5.74, 6) is 0.759. The van der Waals surface area contributed by atoms with Gasteiger partial charge in [0, 0.05) is 18.7 Å². The van der Waals surface area contributed by atoms with E-state index >= 15 is 0 Å². The molecule has 0 spiro atoms. The molecule has 0 aliphatic carbocycles. The minimum atomic E-state index is -0.216. The second kappa shape index (κ2) is 8.86. The number of carbonyl (C=O) groups excluding carboxylic acids is 2. The topological polar surface area (TPSA) is 84.3 Å². The zero-order valence-corrected chi connectivity index (χ0v) is 15.1. The number of nitrogens with one attached hydrogen (secondary N) is 3. The molecular formula is C18H27N4O4+. The predicted octanol–water partition coefficient (Wildman–Crippen LogP) is -0.985. The lowest BCUT2D eigenvalue weighted by atomic mass is 10.2. The van der Waals surface area contributed by atoms with E-state index in [1.807, 2.05) is 24.3 Å². The minimum Gasteiger partial charge on any atom is -0.497 e. The van der Waals surface area contributed by atoms with Crippen molar-refractivity contribution in [1.82, 2.24) is 10.6 Å². The van der Waals surface area contributed by atoms with Gasteiger partial charge in [-0.1, -0.05) is 0 Å². The lowest BCUT2D eigenvalue weighted by Gasteiger charge is -2.23. The SMILES string of the molecule is COc1ccc(N2C[C@@H](NC(=O)NCC[NH+]3CCOCC3)CC2=O)cc1. The van der Waals surface area contributed by atoms with Gasteiger partial charge in [0.15, 0.2) is 0 Å². The molecule has 26 heavy (non-hydrogen) atoms. The predicted molar refractivity (Wildman–Crippen MR) is 96.7 cm³/mol. The summed E-state index contributed by atoms with van der Waals surface area (Å²) in [6.07, 6.45) is 0.314. The van der Waals surface area contributed by atoms with Crippen LogP contribution in [0.3, 0.4) is 0 Å². The van der Waals surface area contributed by atoms with Gasteiger partial charge < -0.3 is 29.9 Å². The summed E-state index contributed by atoms with van der Waals surface area (Å²) < 4.78 is 10.5. The Kier molecular flexibility index (Phi) is 6.30. The highest BCUT2D eigenvalue weighted by molar-refractivity contribution is 5.96. The van der Waals surface area contributed by atoms with Crippen molar-refractivity contribution in [3.05, 3.63) is 24.3 Å². The molecule has 0 saturated carbocycles. The summed E-state index contributed by atoms with van der Waals surface area (Å²) in [7, 11) is 1.61. The van der Waals surface area contributed by atoms with Crippen molar-refractivity contribution >= 4 is 17.6 Å². The Morgan fingerprint density at radius 3 is 2.73 bits per heavy atom. The second-order valence-corrected chi connectivity index (χ2v) is 6.62. The monoisotopic (exact) mass is 363 g/mol. The lowest BCUT2D eigenvalue weighted by Crippen LogP contribution is -3.14. The maximum Gasteiger partial charge on any atom is 0.315 e. The van der Waals surface area contributed by atoms with E-state index in [1.54, 1.807) is 12.0 Å². The van der Waals surface area contributed by atoms with Gasteiger partial charge in [0.05, 0.1) is 39.5 Å². The fourth-order valence-corrected chi connectivity index (χ4v) is 3.32. The van der Waals surface area contributed by atoms with E-state index in [9.17, 15) is 9.59 Å². The van der Waals surface area contributed by atoms with Crippen LogP contribution in [0.4, 0.5) is 10.5 Å². The zero-order chi connectivity index (χ0) is 18.4. The van der Waals surface area contributed by atoms with Gasteiger partial charge in [-0.2, -0.15) is 0 Å². The van der Waals surface area contributed by atoms with Crippen molar-refractivity contribution in [2.45, 2.75) is 12.5 Å². The molecule has 0 radical (unpaired) electrons. The summed E-state index contributed by atoms with van der Waals surface area (Å²) in [5, 5.41) is 5.78. The number of amides is 3. The first-order chi connectivity index (χ1) is 12.7. The number of hydrogen-bond acceptors (Lipinski definition) is 4. The van der Waals surface area contributed by atoms with Crippen LogP contribution in [-0.2, 0) is 9.53 Å². The molecule has 2 aliphatic rings. The van der Waals surface area contributed by atoms with E-state index in [4.69, 9.17) is 9.47 Å². The third kappa shape index (κ3) is 4.86. The molecule has 1 atom stereocenters. The molecule has 3 N–H and O–H groups in total. The Balaban J connectivity index is 1.42. The van der Waals surface area contributed by atoms with Gasteiger partial charge in [-0.15, -0.1) is 0 Å². The number of carbonyl (C=O) groups is 2. The molecule has 2 heterocycles. The van der Waals surface area contributed by atoms with Crippen molar-refractivity contribution in [3.63, 3.8) is 0 Å². The van der Waals surface area contributed by atoms with Crippen LogP contribution in [0.2, 0.25) is 0 Å². The summed E-state index contributed by atoms with van der Waals surface area (Å²) in [6.45, 7) is 5.52. The van der Waals surface area contributed by atoms with Gasteiger partial charge in [0.2, 0.25) is 5.91 Å². The van der Waals surface area contributed by atoms with Gasteiger partial charge in [-0.25, -0.2) is 4.79 Å². The van der Waals surface area contributed by atoms with Crippen molar-refractivity contribution in [1.29, 1.82) is 0 Å². The van der Waals surface area contributed by atoms with Crippen molar-refractivity contribution in [2.24, 2.45) is 0 Å². The van der Waals surface area contributed by atoms with Gasteiger partial charge in [-0.3, -0.25) is 4.79 Å². The number of quaternary nitrogens is 1. The Labute approximate surface area is 153 Å². The van der Waals surface area contributed by atoms with Crippen LogP contribution >= 0.6 is 0 Å². The molecule has 0 aromatic heterocycles. The Morgan fingerprint density at radius 2 is 2.04 bits per heavy atom.